The summed E-state index contributed by atoms with van der Waals surface area (Å²) in [6.07, 6.45) is 0. The van der Waals surface area contributed by atoms with Crippen molar-refractivity contribution >= 4 is 0 Å². The van der Waals surface area contributed by atoms with E-state index < -0.39 is 0 Å². The van der Waals surface area contributed by atoms with Crippen LogP contribution in [0.4, 0.5) is 0 Å². The Hall–Kier alpha value is 1.92. The second-order valence-electron chi connectivity index (χ2n) is 0. The van der Waals surface area contributed by atoms with Gasteiger partial charge >= 0.3 is 0 Å². The zero-order chi connectivity index (χ0) is 0. The Morgan fingerprint density at radius 2 is 0.571 bits per heavy atom. The first-order valence-electron chi connectivity index (χ1n) is 0. The molecule has 0 bridgehead atoms. The molecule has 0 heterocycles. The number of rotatable bonds is 0. The summed E-state index contributed by atoms with van der Waals surface area (Å²) >= 11 is 0. The first kappa shape index (κ1) is 152. The molecule has 0 amide bonds. The molecule has 0 aliphatic heterocycles. The maximum absolute atomic E-state index is 0. The third-order valence-electron chi connectivity index (χ3n) is 0. The predicted molar refractivity (Wildman–Crippen MR) is 10.8 cm³/mol. The molecule has 0 spiro atoms. The van der Waals surface area contributed by atoms with Gasteiger partial charge in [-0.3, -0.25) is 0 Å². The van der Waals surface area contributed by atoms with E-state index in [1.165, 1.54) is 0 Å². The van der Waals surface area contributed by atoms with E-state index in [1.54, 1.807) is 0 Å². The monoisotopic (exact) mass is 283 g/mol. The summed E-state index contributed by atoms with van der Waals surface area (Å²) in [6, 6.07) is 0. The zero-order valence-corrected chi connectivity index (χ0v) is 7.09. The predicted octanol–water partition coefficient (Wildman–Crippen LogP) is -2.48. The zero-order valence-electron chi connectivity index (χ0n) is 2.86. The first-order valence-corrected chi connectivity index (χ1v) is 0. The van der Waals surface area contributed by atoms with Crippen LogP contribution in [0.2, 0.25) is 0 Å². The molecule has 0 aliphatic carbocycles. The van der Waals surface area contributed by atoms with Gasteiger partial charge in [-0.15, -0.1) is 0 Å². The normalized spacial score (nSPS) is 0. The Balaban J connectivity index is 0. The summed E-state index contributed by atoms with van der Waals surface area (Å²) in [5, 5.41) is 0. The minimum atomic E-state index is 0. The third kappa shape index (κ3) is 75.3. The van der Waals surface area contributed by atoms with Crippen molar-refractivity contribution in [2.75, 3.05) is 0 Å². The second-order valence-corrected chi connectivity index (χ2v) is 0. The topological polar surface area (TPSA) is 94.5 Å². The standard InChI is InChI=1S/Co.2Fe.Ni.3H2O/h;;;;3*1H2. The molecule has 0 saturated carbocycles. The van der Waals surface area contributed by atoms with Crippen LogP contribution in [0.15, 0.2) is 0 Å². The van der Waals surface area contributed by atoms with Gasteiger partial charge in [-0.1, -0.05) is 0 Å². The SMILES string of the molecule is O.O.O.[Co].[Fe].[Fe].[Ni]. The summed E-state index contributed by atoms with van der Waals surface area (Å²) < 4.78 is 0. The minimum Gasteiger partial charge on any atom is -0.412 e. The molecule has 0 aliphatic rings. The smallest absolute Gasteiger partial charge is 0 e. The molecule has 7 heavy (non-hydrogen) atoms. The van der Waals surface area contributed by atoms with Crippen molar-refractivity contribution in [2.45, 2.75) is 0 Å². The molecule has 3 nitrogen and oxygen atoms in total. The number of hydrogen-bond donors (Lipinski definition) is 0. The van der Waals surface area contributed by atoms with Gasteiger partial charge in [0.05, 0.1) is 0 Å². The van der Waals surface area contributed by atoms with Crippen molar-refractivity contribution < 1.29 is 83.8 Å². The molecule has 0 fully saturated rings. The molecule has 0 atom stereocenters. The van der Waals surface area contributed by atoms with Gasteiger partial charge in [0.25, 0.3) is 0 Å². The molecule has 0 aromatic carbocycles. The molecule has 59 valence electrons. The fourth-order valence-electron chi connectivity index (χ4n) is 0. The van der Waals surface area contributed by atoms with Crippen molar-refractivity contribution in [3.8, 4) is 0 Å². The average molecular weight is 283 g/mol. The Morgan fingerprint density at radius 1 is 0.571 bits per heavy atom. The van der Waals surface area contributed by atoms with E-state index >= 15 is 0 Å². The van der Waals surface area contributed by atoms with Crippen molar-refractivity contribution in [3.05, 3.63) is 0 Å². The second kappa shape index (κ2) is 103. The third-order valence-corrected chi connectivity index (χ3v) is 0. The molecule has 0 saturated heterocycles. The van der Waals surface area contributed by atoms with Crippen LogP contribution < -0.4 is 0 Å². The molecule has 7 heteroatoms. The van der Waals surface area contributed by atoms with Gasteiger partial charge in [0.2, 0.25) is 0 Å². The van der Waals surface area contributed by atoms with Gasteiger partial charge in [-0.25, -0.2) is 0 Å². The minimum absolute atomic E-state index is 0. The maximum atomic E-state index is 0. The summed E-state index contributed by atoms with van der Waals surface area (Å²) in [5.41, 5.74) is 0. The Bertz CT molecular complexity index is 12.9. The van der Waals surface area contributed by atoms with Gasteiger partial charge in [0, 0.05) is 67.4 Å². The van der Waals surface area contributed by atoms with E-state index in [4.69, 9.17) is 0 Å². The molecule has 1 radical (unpaired) electrons. The summed E-state index contributed by atoms with van der Waals surface area (Å²) in [7, 11) is 0. The molecular formula is H6CoFe2NiO3. The van der Waals surface area contributed by atoms with Crippen LogP contribution in [0, 0.1) is 0 Å². The van der Waals surface area contributed by atoms with Crippen LogP contribution in [0.5, 0.6) is 0 Å². The van der Waals surface area contributed by atoms with Gasteiger partial charge in [0.1, 0.15) is 0 Å². The largest absolute Gasteiger partial charge is 0.412 e. The van der Waals surface area contributed by atoms with Crippen molar-refractivity contribution in [3.63, 3.8) is 0 Å². The van der Waals surface area contributed by atoms with E-state index in [0.29, 0.717) is 0 Å². The van der Waals surface area contributed by atoms with Crippen LogP contribution in [0.25, 0.3) is 0 Å². The Labute approximate surface area is 83.4 Å². The quantitative estimate of drug-likeness (QED) is 0.440. The Kier molecular flexibility index (Phi) is 2230. The first-order chi connectivity index (χ1) is 0. The summed E-state index contributed by atoms with van der Waals surface area (Å²) in [5.74, 6) is 0. The van der Waals surface area contributed by atoms with E-state index in [1.807, 2.05) is 0 Å². The van der Waals surface area contributed by atoms with E-state index in [2.05, 4.69) is 0 Å². The van der Waals surface area contributed by atoms with Crippen molar-refractivity contribution in [1.29, 1.82) is 0 Å². The van der Waals surface area contributed by atoms with Gasteiger partial charge in [-0.05, 0) is 0 Å². The van der Waals surface area contributed by atoms with Crippen LogP contribution in [-0.2, 0) is 67.4 Å². The van der Waals surface area contributed by atoms with Gasteiger partial charge < -0.3 is 16.4 Å². The van der Waals surface area contributed by atoms with Crippen LogP contribution in [0.3, 0.4) is 0 Å². The van der Waals surface area contributed by atoms with E-state index in [9.17, 15) is 0 Å². The van der Waals surface area contributed by atoms with Gasteiger partial charge in [0.15, 0.2) is 0 Å². The molecule has 0 unspecified atom stereocenters. The van der Waals surface area contributed by atoms with E-state index in [0.717, 1.165) is 0 Å². The molecule has 0 aromatic rings. The van der Waals surface area contributed by atoms with Crippen LogP contribution >= 0.6 is 0 Å². The average Bonchev–Trinajstić information content (AvgIpc) is 0. The van der Waals surface area contributed by atoms with Crippen LogP contribution in [0.1, 0.15) is 0 Å². The summed E-state index contributed by atoms with van der Waals surface area (Å²) in [4.78, 5) is 0. The molecular weight excluding hydrogens is 277 g/mol. The fraction of sp³-hybridized carbons (Fsp3) is 0. The fourth-order valence-corrected chi connectivity index (χ4v) is 0. The van der Waals surface area contributed by atoms with Crippen molar-refractivity contribution in [2.24, 2.45) is 0 Å². The van der Waals surface area contributed by atoms with E-state index in [-0.39, 0.29) is 83.8 Å². The summed E-state index contributed by atoms with van der Waals surface area (Å²) in [6.45, 7) is 0. The number of hydrogen-bond acceptors (Lipinski definition) is 0. The van der Waals surface area contributed by atoms with Crippen LogP contribution in [-0.4, -0.2) is 16.4 Å². The molecule has 0 rings (SSSR count). The van der Waals surface area contributed by atoms with Gasteiger partial charge in [-0.2, -0.15) is 0 Å². The van der Waals surface area contributed by atoms with Crippen molar-refractivity contribution in [1.82, 2.24) is 0 Å². The Morgan fingerprint density at radius 3 is 0.571 bits per heavy atom. The molecule has 0 aromatic heterocycles. The maximum Gasteiger partial charge on any atom is 0 e. The molecule has 6 N–H and O–H groups in total.